The molecule has 1 aliphatic heterocycles. The number of hydrogen-bond acceptors (Lipinski definition) is 1. The van der Waals surface area contributed by atoms with Crippen molar-refractivity contribution in [3.8, 4) is 0 Å². The van der Waals surface area contributed by atoms with Gasteiger partial charge in [-0.15, -0.1) is 0 Å². The molecule has 0 aromatic heterocycles. The van der Waals surface area contributed by atoms with Crippen LogP contribution in [0, 0.1) is 17.8 Å². The van der Waals surface area contributed by atoms with E-state index in [9.17, 15) is 0 Å². The summed E-state index contributed by atoms with van der Waals surface area (Å²) in [6.45, 7) is 2.39. The summed E-state index contributed by atoms with van der Waals surface area (Å²) in [6.07, 6.45) is 10.0. The number of hydrogen-bond donors (Lipinski definition) is 1. The molecule has 1 N–H and O–H groups in total. The standard InChI is InChI=1S/C12H19N/c1-2-11-5-9(1)6-12(11)7-10-3-4-13-8-10/h7,9,11-13H,1-6,8H2. The van der Waals surface area contributed by atoms with Crippen LogP contribution in [0.1, 0.15) is 32.1 Å². The van der Waals surface area contributed by atoms with Crippen molar-refractivity contribution in [3.05, 3.63) is 11.6 Å². The predicted molar refractivity (Wildman–Crippen MR) is 54.5 cm³/mol. The van der Waals surface area contributed by atoms with Crippen molar-refractivity contribution < 1.29 is 0 Å². The lowest BCUT2D eigenvalue weighted by molar-refractivity contribution is 0.393. The van der Waals surface area contributed by atoms with Gasteiger partial charge in [-0.3, -0.25) is 0 Å². The van der Waals surface area contributed by atoms with Gasteiger partial charge >= 0.3 is 0 Å². The molecule has 0 radical (unpaired) electrons. The lowest BCUT2D eigenvalue weighted by Gasteiger charge is -2.18. The van der Waals surface area contributed by atoms with Gasteiger partial charge in [0, 0.05) is 6.54 Å². The lowest BCUT2D eigenvalue weighted by Crippen LogP contribution is -2.09. The Hall–Kier alpha value is -0.300. The van der Waals surface area contributed by atoms with Crippen LogP contribution in [0.4, 0.5) is 0 Å². The first-order chi connectivity index (χ1) is 6.42. The topological polar surface area (TPSA) is 12.0 Å². The van der Waals surface area contributed by atoms with Crippen LogP contribution in [0.25, 0.3) is 0 Å². The van der Waals surface area contributed by atoms with E-state index in [1.54, 1.807) is 12.0 Å². The van der Waals surface area contributed by atoms with Crippen molar-refractivity contribution in [2.24, 2.45) is 17.8 Å². The molecule has 1 nitrogen and oxygen atoms in total. The van der Waals surface area contributed by atoms with E-state index < -0.39 is 0 Å². The largest absolute Gasteiger partial charge is 0.313 e. The third-order valence-electron chi connectivity index (χ3n) is 4.22. The Morgan fingerprint density at radius 2 is 2.23 bits per heavy atom. The smallest absolute Gasteiger partial charge is 0.0165 e. The summed E-state index contributed by atoms with van der Waals surface area (Å²) in [7, 11) is 0. The highest BCUT2D eigenvalue weighted by atomic mass is 14.9. The fourth-order valence-electron chi connectivity index (χ4n) is 3.53. The Morgan fingerprint density at radius 1 is 1.23 bits per heavy atom. The SMILES string of the molecule is C(=C1CCNC1)C1CC2CCC1C2. The van der Waals surface area contributed by atoms with Crippen molar-refractivity contribution in [2.45, 2.75) is 32.1 Å². The maximum absolute atomic E-state index is 3.42. The molecule has 2 saturated carbocycles. The van der Waals surface area contributed by atoms with Crippen LogP contribution in [0.2, 0.25) is 0 Å². The molecule has 13 heavy (non-hydrogen) atoms. The molecular weight excluding hydrogens is 158 g/mol. The summed E-state index contributed by atoms with van der Waals surface area (Å²) in [6, 6.07) is 0. The third kappa shape index (κ3) is 1.43. The quantitative estimate of drug-likeness (QED) is 0.606. The van der Waals surface area contributed by atoms with E-state index >= 15 is 0 Å². The Morgan fingerprint density at radius 3 is 2.85 bits per heavy atom. The first-order valence-corrected chi connectivity index (χ1v) is 5.82. The van der Waals surface area contributed by atoms with Crippen molar-refractivity contribution in [1.29, 1.82) is 0 Å². The minimum absolute atomic E-state index is 0.966. The average molecular weight is 177 g/mol. The average Bonchev–Trinajstić information content (AvgIpc) is 2.77. The van der Waals surface area contributed by atoms with Gasteiger partial charge in [0.2, 0.25) is 0 Å². The Kier molecular flexibility index (Phi) is 1.93. The molecule has 72 valence electrons. The van der Waals surface area contributed by atoms with Gasteiger partial charge in [0.1, 0.15) is 0 Å². The summed E-state index contributed by atoms with van der Waals surface area (Å²) in [5, 5.41) is 3.42. The highest BCUT2D eigenvalue weighted by Crippen LogP contribution is 2.49. The van der Waals surface area contributed by atoms with Gasteiger partial charge in [0.05, 0.1) is 0 Å². The maximum atomic E-state index is 3.42. The van der Waals surface area contributed by atoms with Crippen molar-refractivity contribution in [2.75, 3.05) is 13.1 Å². The molecule has 2 aliphatic carbocycles. The van der Waals surface area contributed by atoms with Gasteiger partial charge in [-0.05, 0) is 50.0 Å². The first-order valence-electron chi connectivity index (χ1n) is 5.82. The Bertz CT molecular complexity index is 223. The Balaban J connectivity index is 1.69. The Labute approximate surface area is 80.6 Å². The molecule has 1 heterocycles. The normalized spacial score (nSPS) is 46.5. The zero-order valence-electron chi connectivity index (χ0n) is 8.26. The second-order valence-electron chi connectivity index (χ2n) is 5.09. The molecule has 0 aromatic carbocycles. The van der Waals surface area contributed by atoms with E-state index in [-0.39, 0.29) is 0 Å². The predicted octanol–water partition coefficient (Wildman–Crippen LogP) is 2.34. The van der Waals surface area contributed by atoms with E-state index in [2.05, 4.69) is 11.4 Å². The van der Waals surface area contributed by atoms with Gasteiger partial charge in [0.15, 0.2) is 0 Å². The molecule has 0 spiro atoms. The second kappa shape index (κ2) is 3.13. The molecular formula is C12H19N. The van der Waals surface area contributed by atoms with Gasteiger partial charge in [-0.1, -0.05) is 18.1 Å². The highest BCUT2D eigenvalue weighted by molar-refractivity contribution is 5.13. The van der Waals surface area contributed by atoms with Crippen LogP contribution < -0.4 is 5.32 Å². The maximum Gasteiger partial charge on any atom is 0.0165 e. The molecule has 1 saturated heterocycles. The van der Waals surface area contributed by atoms with Crippen molar-refractivity contribution in [1.82, 2.24) is 5.32 Å². The molecule has 1 heteroatoms. The summed E-state index contributed by atoms with van der Waals surface area (Å²) >= 11 is 0. The lowest BCUT2D eigenvalue weighted by atomic mass is 9.87. The van der Waals surface area contributed by atoms with Gasteiger partial charge in [-0.25, -0.2) is 0 Å². The zero-order chi connectivity index (χ0) is 8.67. The van der Waals surface area contributed by atoms with Crippen molar-refractivity contribution >= 4 is 0 Å². The highest BCUT2D eigenvalue weighted by Gasteiger charge is 2.38. The minimum Gasteiger partial charge on any atom is -0.313 e. The molecule has 2 bridgehead atoms. The van der Waals surface area contributed by atoms with Crippen LogP contribution in [0.15, 0.2) is 11.6 Å². The summed E-state index contributed by atoms with van der Waals surface area (Å²) in [4.78, 5) is 0. The summed E-state index contributed by atoms with van der Waals surface area (Å²) < 4.78 is 0. The minimum atomic E-state index is 0.966. The van der Waals surface area contributed by atoms with Gasteiger partial charge in [0.25, 0.3) is 0 Å². The fourth-order valence-corrected chi connectivity index (χ4v) is 3.53. The van der Waals surface area contributed by atoms with E-state index in [4.69, 9.17) is 0 Å². The van der Waals surface area contributed by atoms with Gasteiger partial charge in [-0.2, -0.15) is 0 Å². The van der Waals surface area contributed by atoms with Crippen LogP contribution in [-0.2, 0) is 0 Å². The molecule has 3 aliphatic rings. The number of allylic oxidation sites excluding steroid dienone is 1. The monoisotopic (exact) mass is 177 g/mol. The first kappa shape index (κ1) is 8.05. The van der Waals surface area contributed by atoms with Crippen LogP contribution in [-0.4, -0.2) is 13.1 Å². The van der Waals surface area contributed by atoms with E-state index in [0.29, 0.717) is 0 Å². The zero-order valence-corrected chi connectivity index (χ0v) is 8.26. The fraction of sp³-hybridized carbons (Fsp3) is 0.833. The molecule has 3 rings (SSSR count). The molecule has 0 aromatic rings. The number of rotatable bonds is 1. The summed E-state index contributed by atoms with van der Waals surface area (Å²) in [5.74, 6) is 3.13. The summed E-state index contributed by atoms with van der Waals surface area (Å²) in [5.41, 5.74) is 1.69. The van der Waals surface area contributed by atoms with E-state index in [1.807, 2.05) is 0 Å². The second-order valence-corrected chi connectivity index (χ2v) is 5.09. The van der Waals surface area contributed by atoms with Crippen LogP contribution in [0.5, 0.6) is 0 Å². The van der Waals surface area contributed by atoms with E-state index in [0.717, 1.165) is 17.8 Å². The van der Waals surface area contributed by atoms with Crippen LogP contribution in [0.3, 0.4) is 0 Å². The number of fused-ring (bicyclic) bond motifs is 2. The van der Waals surface area contributed by atoms with Crippen LogP contribution >= 0.6 is 0 Å². The number of nitrogens with one attached hydrogen (secondary N) is 1. The van der Waals surface area contributed by atoms with Crippen molar-refractivity contribution in [3.63, 3.8) is 0 Å². The molecule has 3 atom stereocenters. The molecule has 3 unspecified atom stereocenters. The molecule has 3 fully saturated rings. The van der Waals surface area contributed by atoms with E-state index in [1.165, 1.54) is 38.8 Å². The van der Waals surface area contributed by atoms with Gasteiger partial charge < -0.3 is 5.32 Å². The third-order valence-corrected chi connectivity index (χ3v) is 4.22. The molecule has 0 amide bonds.